The Kier molecular flexibility index (Phi) is 4.37. The van der Waals surface area contributed by atoms with Gasteiger partial charge in [-0.2, -0.15) is 0 Å². The van der Waals surface area contributed by atoms with Crippen molar-refractivity contribution in [2.75, 3.05) is 11.9 Å². The summed E-state index contributed by atoms with van der Waals surface area (Å²) in [5, 5.41) is 3.04. The van der Waals surface area contributed by atoms with Gasteiger partial charge in [0.15, 0.2) is 0 Å². The van der Waals surface area contributed by atoms with Gasteiger partial charge in [-0.15, -0.1) is 0 Å². The number of amides is 1. The lowest BCUT2D eigenvalue weighted by Gasteiger charge is -2.36. The molecule has 1 amide bonds. The van der Waals surface area contributed by atoms with Crippen molar-refractivity contribution in [1.29, 1.82) is 0 Å². The minimum absolute atomic E-state index is 0.0934. The van der Waals surface area contributed by atoms with E-state index in [9.17, 15) is 4.79 Å². The summed E-state index contributed by atoms with van der Waals surface area (Å²) in [5.74, 6) is 0.808. The Morgan fingerprint density at radius 3 is 2.84 bits per heavy atom. The number of carbonyl (C=O) groups is 1. The molecule has 1 aromatic heterocycles. The summed E-state index contributed by atoms with van der Waals surface area (Å²) < 4.78 is 0. The van der Waals surface area contributed by atoms with Gasteiger partial charge >= 0.3 is 0 Å². The molecule has 1 saturated carbocycles. The molecule has 6 heteroatoms. The summed E-state index contributed by atoms with van der Waals surface area (Å²) >= 11 is 5.77. The molecule has 1 aliphatic carbocycles. The molecule has 0 saturated heterocycles. The quantitative estimate of drug-likeness (QED) is 0.833. The predicted octanol–water partition coefficient (Wildman–Crippen LogP) is 2.22. The topological polar surface area (TPSA) is 80.9 Å². The smallest absolute Gasteiger partial charge is 0.234 e. The second-order valence-corrected chi connectivity index (χ2v) is 5.71. The molecule has 19 heavy (non-hydrogen) atoms. The number of hydrogen-bond donors (Lipinski definition) is 2. The van der Waals surface area contributed by atoms with Gasteiger partial charge in [0, 0.05) is 12.7 Å². The van der Waals surface area contributed by atoms with E-state index in [2.05, 4.69) is 22.2 Å². The fourth-order valence-electron chi connectivity index (χ4n) is 2.47. The lowest BCUT2D eigenvalue weighted by Crippen LogP contribution is -2.45. The third kappa shape index (κ3) is 3.22. The van der Waals surface area contributed by atoms with Crippen LogP contribution in [0.3, 0.4) is 0 Å². The normalized spacial score (nSPS) is 27.0. The monoisotopic (exact) mass is 282 g/mol. The molecule has 0 aromatic carbocycles. The van der Waals surface area contributed by atoms with Crippen molar-refractivity contribution < 1.29 is 4.79 Å². The fourth-order valence-corrected chi connectivity index (χ4v) is 2.61. The molecule has 1 fully saturated rings. The van der Waals surface area contributed by atoms with Crippen LogP contribution in [0.15, 0.2) is 12.3 Å². The maximum Gasteiger partial charge on any atom is 0.234 e. The molecule has 1 aromatic rings. The van der Waals surface area contributed by atoms with Crippen LogP contribution in [-0.2, 0) is 4.79 Å². The van der Waals surface area contributed by atoms with Crippen LogP contribution in [0, 0.1) is 11.3 Å². The van der Waals surface area contributed by atoms with Gasteiger partial charge < -0.3 is 5.73 Å². The van der Waals surface area contributed by atoms with E-state index in [-0.39, 0.29) is 11.9 Å². The first-order chi connectivity index (χ1) is 9.05. The van der Waals surface area contributed by atoms with Crippen LogP contribution in [-0.4, -0.2) is 22.4 Å². The van der Waals surface area contributed by atoms with Gasteiger partial charge in [-0.3, -0.25) is 10.1 Å². The molecule has 0 aliphatic heterocycles. The number of hydrogen-bond acceptors (Lipinski definition) is 4. The number of halogens is 1. The summed E-state index contributed by atoms with van der Waals surface area (Å²) in [5.41, 5.74) is 5.35. The zero-order chi connectivity index (χ0) is 13.9. The molecule has 0 unspecified atom stereocenters. The molecule has 0 atom stereocenters. The van der Waals surface area contributed by atoms with Crippen LogP contribution in [0.1, 0.15) is 32.6 Å². The number of rotatable bonds is 3. The Balaban J connectivity index is 2.09. The highest BCUT2D eigenvalue weighted by Gasteiger charge is 2.40. The Bertz CT molecular complexity index is 458. The fraction of sp³-hybridized carbons (Fsp3) is 0.615. The minimum atomic E-state index is -0.488. The maximum absolute atomic E-state index is 12.4. The van der Waals surface area contributed by atoms with Crippen LogP contribution in [0.4, 0.5) is 5.95 Å². The summed E-state index contributed by atoms with van der Waals surface area (Å²) in [6, 6.07) is 1.57. The average Bonchev–Trinajstić information content (AvgIpc) is 2.40. The Hall–Kier alpha value is -1.20. The summed E-state index contributed by atoms with van der Waals surface area (Å²) in [7, 11) is 0. The zero-order valence-electron chi connectivity index (χ0n) is 11.0. The molecule has 3 N–H and O–H groups in total. The number of anilines is 1. The van der Waals surface area contributed by atoms with Gasteiger partial charge in [-0.25, -0.2) is 9.97 Å². The van der Waals surface area contributed by atoms with E-state index >= 15 is 0 Å². The number of carbonyl (C=O) groups excluding carboxylic acids is 1. The van der Waals surface area contributed by atoms with Crippen LogP contribution >= 0.6 is 11.6 Å². The first-order valence-electron chi connectivity index (χ1n) is 6.56. The van der Waals surface area contributed by atoms with Crippen LogP contribution in [0.5, 0.6) is 0 Å². The highest BCUT2D eigenvalue weighted by atomic mass is 35.5. The minimum Gasteiger partial charge on any atom is -0.329 e. The summed E-state index contributed by atoms with van der Waals surface area (Å²) in [6.07, 6.45) is 5.21. The highest BCUT2D eigenvalue weighted by Crippen LogP contribution is 2.38. The predicted molar refractivity (Wildman–Crippen MR) is 74.8 cm³/mol. The van der Waals surface area contributed by atoms with E-state index in [1.807, 2.05) is 0 Å². The third-order valence-electron chi connectivity index (χ3n) is 3.95. The van der Waals surface area contributed by atoms with Crippen molar-refractivity contribution in [1.82, 2.24) is 9.97 Å². The number of nitrogens with two attached hydrogens (primary N) is 1. The molecule has 5 nitrogen and oxygen atoms in total. The van der Waals surface area contributed by atoms with Gasteiger partial charge in [0.05, 0.1) is 5.41 Å². The first kappa shape index (κ1) is 14.2. The van der Waals surface area contributed by atoms with Crippen molar-refractivity contribution in [3.63, 3.8) is 0 Å². The standard InChI is InChI=1S/C13H19ClN4O/c1-9-2-5-13(8-15,6-3-9)11(19)18-12-16-7-4-10(14)17-12/h4,7,9H,2-3,5-6,8,15H2,1H3,(H,16,17,18,19). The highest BCUT2D eigenvalue weighted by molar-refractivity contribution is 6.29. The number of nitrogens with zero attached hydrogens (tertiary/aromatic N) is 2. The summed E-state index contributed by atoms with van der Waals surface area (Å²) in [4.78, 5) is 20.4. The van der Waals surface area contributed by atoms with E-state index < -0.39 is 5.41 Å². The molecule has 0 bridgehead atoms. The Labute approximate surface area is 118 Å². The van der Waals surface area contributed by atoms with Gasteiger partial charge in [0.1, 0.15) is 5.15 Å². The molecule has 1 aliphatic rings. The van der Waals surface area contributed by atoms with Crippen LogP contribution in [0.25, 0.3) is 0 Å². The molecule has 2 rings (SSSR count). The van der Waals surface area contributed by atoms with E-state index in [1.165, 1.54) is 6.20 Å². The average molecular weight is 283 g/mol. The second kappa shape index (κ2) is 5.84. The van der Waals surface area contributed by atoms with Crippen LogP contribution in [0.2, 0.25) is 5.15 Å². The largest absolute Gasteiger partial charge is 0.329 e. The van der Waals surface area contributed by atoms with Gasteiger partial charge in [0.2, 0.25) is 11.9 Å². The summed E-state index contributed by atoms with van der Waals surface area (Å²) in [6.45, 7) is 2.56. The second-order valence-electron chi connectivity index (χ2n) is 5.32. The van der Waals surface area contributed by atoms with E-state index in [1.54, 1.807) is 6.07 Å². The number of nitrogens with one attached hydrogen (secondary N) is 1. The van der Waals surface area contributed by atoms with Crippen molar-refractivity contribution in [3.8, 4) is 0 Å². The van der Waals surface area contributed by atoms with Gasteiger partial charge in [-0.05, 0) is 37.7 Å². The molecular weight excluding hydrogens is 264 g/mol. The van der Waals surface area contributed by atoms with Gasteiger partial charge in [0.25, 0.3) is 0 Å². The lowest BCUT2D eigenvalue weighted by atomic mass is 9.70. The molecule has 0 radical (unpaired) electrons. The zero-order valence-corrected chi connectivity index (χ0v) is 11.8. The van der Waals surface area contributed by atoms with Crippen molar-refractivity contribution in [2.24, 2.45) is 17.1 Å². The van der Waals surface area contributed by atoms with Crippen molar-refractivity contribution >= 4 is 23.5 Å². The molecule has 104 valence electrons. The van der Waals surface area contributed by atoms with E-state index in [4.69, 9.17) is 17.3 Å². The van der Waals surface area contributed by atoms with E-state index in [0.717, 1.165) is 25.7 Å². The third-order valence-corrected chi connectivity index (χ3v) is 4.16. The number of aromatic nitrogens is 2. The Morgan fingerprint density at radius 2 is 2.26 bits per heavy atom. The Morgan fingerprint density at radius 1 is 1.58 bits per heavy atom. The van der Waals surface area contributed by atoms with Gasteiger partial charge in [-0.1, -0.05) is 18.5 Å². The molecule has 1 heterocycles. The lowest BCUT2D eigenvalue weighted by molar-refractivity contribution is -0.127. The molecular formula is C13H19ClN4O. The molecule has 0 spiro atoms. The van der Waals surface area contributed by atoms with Crippen molar-refractivity contribution in [2.45, 2.75) is 32.6 Å². The van der Waals surface area contributed by atoms with Crippen LogP contribution < -0.4 is 11.1 Å². The SMILES string of the molecule is CC1CCC(CN)(C(=O)Nc2nccc(Cl)n2)CC1. The van der Waals surface area contributed by atoms with E-state index in [0.29, 0.717) is 17.6 Å². The maximum atomic E-state index is 12.4. The van der Waals surface area contributed by atoms with Crippen molar-refractivity contribution in [3.05, 3.63) is 17.4 Å². The first-order valence-corrected chi connectivity index (χ1v) is 6.93.